The summed E-state index contributed by atoms with van der Waals surface area (Å²) in [6.45, 7) is 5.19. The first-order valence-corrected chi connectivity index (χ1v) is 9.31. The Morgan fingerprint density at radius 1 is 1.36 bits per heavy atom. The summed E-state index contributed by atoms with van der Waals surface area (Å²) in [6, 6.07) is 1.40. The van der Waals surface area contributed by atoms with Gasteiger partial charge in [-0.1, -0.05) is 12.1 Å². The largest absolute Gasteiger partial charge is 0.360 e. The maximum Gasteiger partial charge on any atom is 0.273 e. The fourth-order valence-corrected chi connectivity index (χ4v) is 3.56. The zero-order valence-corrected chi connectivity index (χ0v) is 15.0. The van der Waals surface area contributed by atoms with Gasteiger partial charge in [0.05, 0.1) is 6.04 Å². The molecule has 1 aromatic rings. The molecule has 1 aliphatic heterocycles. The Morgan fingerprint density at radius 2 is 2.04 bits per heavy atom. The average molecular weight is 348 g/mol. The number of hydrogen-bond donors (Lipinski definition) is 2. The lowest BCUT2D eigenvalue weighted by Gasteiger charge is -2.36. The summed E-state index contributed by atoms with van der Waals surface area (Å²) < 4.78 is 5.27. The molecule has 1 aromatic heterocycles. The molecule has 0 aromatic carbocycles. The van der Waals surface area contributed by atoms with Crippen molar-refractivity contribution in [3.05, 3.63) is 17.5 Å². The van der Waals surface area contributed by atoms with E-state index in [4.69, 9.17) is 10.3 Å². The van der Waals surface area contributed by atoms with Crippen LogP contribution in [0.25, 0.3) is 0 Å². The molecule has 0 bridgehead atoms. The minimum Gasteiger partial charge on any atom is -0.360 e. The van der Waals surface area contributed by atoms with Crippen molar-refractivity contribution in [1.29, 1.82) is 0 Å². The molecule has 3 rings (SSSR count). The maximum atomic E-state index is 12.5. The van der Waals surface area contributed by atoms with Crippen LogP contribution in [0.15, 0.2) is 10.6 Å². The van der Waals surface area contributed by atoms with Gasteiger partial charge in [-0.05, 0) is 44.9 Å². The highest BCUT2D eigenvalue weighted by molar-refractivity contribution is 5.92. The van der Waals surface area contributed by atoms with E-state index < -0.39 is 6.04 Å². The number of amides is 2. The molecule has 2 fully saturated rings. The fraction of sp³-hybridized carbons (Fsp3) is 0.722. The average Bonchev–Trinajstić information content (AvgIpc) is 3.35. The van der Waals surface area contributed by atoms with Crippen LogP contribution in [0.1, 0.15) is 68.1 Å². The molecule has 3 N–H and O–H groups in total. The number of hydrogen-bond acceptors (Lipinski definition) is 5. The Morgan fingerprint density at radius 3 is 2.60 bits per heavy atom. The molecule has 2 aliphatic rings. The first-order valence-electron chi connectivity index (χ1n) is 9.31. The molecular weight excluding hydrogens is 320 g/mol. The van der Waals surface area contributed by atoms with Crippen molar-refractivity contribution in [2.24, 2.45) is 11.7 Å². The molecule has 1 saturated carbocycles. The fourth-order valence-electron chi connectivity index (χ4n) is 3.56. The molecule has 2 heterocycles. The molecule has 0 spiro atoms. The Labute approximate surface area is 148 Å². The summed E-state index contributed by atoms with van der Waals surface area (Å²) in [4.78, 5) is 26.3. The molecule has 25 heavy (non-hydrogen) atoms. The van der Waals surface area contributed by atoms with Gasteiger partial charge in [-0.25, -0.2) is 0 Å². The Balaban J connectivity index is 1.53. The molecule has 7 heteroatoms. The maximum absolute atomic E-state index is 12.5. The van der Waals surface area contributed by atoms with Gasteiger partial charge < -0.3 is 20.5 Å². The van der Waals surface area contributed by atoms with Crippen molar-refractivity contribution >= 4 is 11.8 Å². The third kappa shape index (κ3) is 4.21. The predicted molar refractivity (Wildman–Crippen MR) is 93.0 cm³/mol. The van der Waals surface area contributed by atoms with Gasteiger partial charge in [0.2, 0.25) is 5.91 Å². The van der Waals surface area contributed by atoms with Crippen molar-refractivity contribution in [3.63, 3.8) is 0 Å². The summed E-state index contributed by atoms with van der Waals surface area (Å²) in [7, 11) is 0. The molecule has 2 atom stereocenters. The van der Waals surface area contributed by atoms with Crippen molar-refractivity contribution in [3.8, 4) is 0 Å². The summed E-state index contributed by atoms with van der Waals surface area (Å²) in [6.07, 6.45) is 4.84. The molecule has 2 amide bonds. The van der Waals surface area contributed by atoms with Gasteiger partial charge in [0.1, 0.15) is 5.76 Å². The molecule has 0 radical (unpaired) electrons. The summed E-state index contributed by atoms with van der Waals surface area (Å²) >= 11 is 0. The third-order valence-corrected chi connectivity index (χ3v) is 5.31. The van der Waals surface area contributed by atoms with Crippen LogP contribution in [-0.2, 0) is 4.79 Å². The summed E-state index contributed by atoms with van der Waals surface area (Å²) in [5, 5.41) is 7.01. The van der Waals surface area contributed by atoms with E-state index in [0.29, 0.717) is 30.6 Å². The molecular formula is C18H28N4O3. The lowest BCUT2D eigenvalue weighted by atomic mass is 9.87. The Hall–Kier alpha value is -1.89. The molecule has 138 valence electrons. The normalized spacial score (nSPS) is 21.0. The zero-order valence-electron chi connectivity index (χ0n) is 15.0. The summed E-state index contributed by atoms with van der Waals surface area (Å²) in [5.41, 5.74) is 6.05. The van der Waals surface area contributed by atoms with Gasteiger partial charge in [-0.15, -0.1) is 0 Å². The van der Waals surface area contributed by atoms with E-state index >= 15 is 0 Å². The highest BCUT2D eigenvalue weighted by atomic mass is 16.5. The second-order valence-electron chi connectivity index (χ2n) is 7.33. The lowest BCUT2D eigenvalue weighted by Crippen LogP contribution is -2.49. The van der Waals surface area contributed by atoms with Crippen LogP contribution in [0, 0.1) is 5.92 Å². The van der Waals surface area contributed by atoms with Gasteiger partial charge in [0.25, 0.3) is 5.91 Å². The van der Waals surface area contributed by atoms with Crippen molar-refractivity contribution in [1.82, 2.24) is 15.4 Å². The minimum absolute atomic E-state index is 0.00531. The third-order valence-electron chi connectivity index (χ3n) is 5.31. The van der Waals surface area contributed by atoms with Crippen LogP contribution in [0.3, 0.4) is 0 Å². The Kier molecular flexibility index (Phi) is 5.42. The number of carbonyl (C=O) groups excluding carboxylic acids is 2. The lowest BCUT2D eigenvalue weighted by molar-refractivity contribution is -0.133. The van der Waals surface area contributed by atoms with Crippen LogP contribution < -0.4 is 11.1 Å². The van der Waals surface area contributed by atoms with E-state index in [1.54, 1.807) is 13.0 Å². The number of rotatable bonds is 6. The highest BCUT2D eigenvalue weighted by Crippen LogP contribution is 2.40. The number of carbonyl (C=O) groups is 2. The first-order chi connectivity index (χ1) is 12.0. The van der Waals surface area contributed by atoms with Gasteiger partial charge in [-0.2, -0.15) is 0 Å². The number of nitrogens with zero attached hydrogens (tertiary/aromatic N) is 2. The van der Waals surface area contributed by atoms with E-state index in [1.807, 2.05) is 4.90 Å². The second-order valence-corrected chi connectivity index (χ2v) is 7.33. The minimum atomic E-state index is -0.453. The second kappa shape index (κ2) is 7.56. The van der Waals surface area contributed by atoms with Gasteiger partial charge in [0, 0.05) is 31.1 Å². The number of aromatic nitrogens is 1. The van der Waals surface area contributed by atoms with Crippen LogP contribution in [-0.4, -0.2) is 47.0 Å². The van der Waals surface area contributed by atoms with E-state index in [2.05, 4.69) is 17.4 Å². The van der Waals surface area contributed by atoms with Crippen LogP contribution in [0.2, 0.25) is 0 Å². The van der Waals surface area contributed by atoms with Gasteiger partial charge in [-0.3, -0.25) is 9.59 Å². The van der Waals surface area contributed by atoms with Crippen LogP contribution >= 0.6 is 0 Å². The molecule has 1 unspecified atom stereocenters. The molecule has 1 aliphatic carbocycles. The molecule has 1 saturated heterocycles. The molecule has 7 nitrogen and oxygen atoms in total. The topological polar surface area (TPSA) is 101 Å². The first kappa shape index (κ1) is 17.9. The van der Waals surface area contributed by atoms with E-state index in [-0.39, 0.29) is 17.9 Å². The van der Waals surface area contributed by atoms with Crippen molar-refractivity contribution in [2.45, 2.75) is 64.0 Å². The van der Waals surface area contributed by atoms with Gasteiger partial charge >= 0.3 is 0 Å². The van der Waals surface area contributed by atoms with E-state index in [0.717, 1.165) is 37.9 Å². The highest BCUT2D eigenvalue weighted by Gasteiger charge is 2.31. The van der Waals surface area contributed by atoms with Gasteiger partial charge in [0.15, 0.2) is 5.69 Å². The number of likely N-dealkylation sites (tertiary alicyclic amines) is 1. The van der Waals surface area contributed by atoms with Crippen LogP contribution in [0.5, 0.6) is 0 Å². The zero-order chi connectivity index (χ0) is 18.0. The monoisotopic (exact) mass is 348 g/mol. The standard InChI is InChI=1S/C18H28N4O3/c1-3-14(12-6-8-22(9-7-12)18(24)11(2)19)20-17(23)15-10-16(25-21-15)13-4-5-13/h10-14H,3-9,19H2,1-2H3,(H,20,23)/t11-,14?/m0/s1. The predicted octanol–water partition coefficient (Wildman–Crippen LogP) is 1.65. The van der Waals surface area contributed by atoms with Crippen molar-refractivity contribution < 1.29 is 14.1 Å². The van der Waals surface area contributed by atoms with E-state index in [9.17, 15) is 9.59 Å². The van der Waals surface area contributed by atoms with Crippen LogP contribution in [0.4, 0.5) is 0 Å². The van der Waals surface area contributed by atoms with E-state index in [1.165, 1.54) is 0 Å². The quantitative estimate of drug-likeness (QED) is 0.814. The Bertz CT molecular complexity index is 616. The number of nitrogens with one attached hydrogen (secondary N) is 1. The van der Waals surface area contributed by atoms with Crippen molar-refractivity contribution in [2.75, 3.05) is 13.1 Å². The SMILES string of the molecule is CCC(NC(=O)c1cc(C2CC2)on1)C1CCN(C(=O)[C@H](C)N)CC1. The summed E-state index contributed by atoms with van der Waals surface area (Å²) in [5.74, 6) is 1.46. The smallest absolute Gasteiger partial charge is 0.273 e. The number of nitrogens with two attached hydrogens (primary N) is 1. The number of piperidine rings is 1.